The first kappa shape index (κ1) is 17.2. The molecule has 1 aromatic carbocycles. The Morgan fingerprint density at radius 3 is 2.72 bits per heavy atom. The lowest BCUT2D eigenvalue weighted by molar-refractivity contribution is -0.140. The number of nitrogens with zero attached hydrogens (tertiary/aromatic N) is 2. The molecule has 7 heteroatoms. The zero-order valence-corrected chi connectivity index (χ0v) is 14.8. The third-order valence-electron chi connectivity index (χ3n) is 4.17. The van der Waals surface area contributed by atoms with Crippen LogP contribution in [0.4, 0.5) is 0 Å². The number of aromatic nitrogens is 3. The first-order valence-corrected chi connectivity index (χ1v) is 8.31. The molecule has 0 radical (unpaired) electrons. The molecule has 0 spiro atoms. The van der Waals surface area contributed by atoms with Crippen molar-refractivity contribution in [3.8, 4) is 5.69 Å². The van der Waals surface area contributed by atoms with Gasteiger partial charge in [-0.2, -0.15) is 0 Å². The van der Waals surface area contributed by atoms with Crippen molar-refractivity contribution < 1.29 is 9.53 Å². The Labute approximate surface area is 149 Å². The Balaban J connectivity index is 2.02. The number of hydrogen-bond acceptors (Lipinski definition) is 4. The maximum Gasteiger partial charge on any atom is 0.305 e. The Morgan fingerprint density at radius 1 is 1.32 bits per heavy atom. The lowest BCUT2D eigenvalue weighted by atomic mass is 10.0. The Hall–Kier alpha value is -2.60. The monoisotopic (exact) mass is 359 g/mol. The average Bonchev–Trinajstić information content (AvgIpc) is 2.94. The topological polar surface area (TPSA) is 77.0 Å². The molecular formula is C18H18ClN3O3. The highest BCUT2D eigenvalue weighted by Crippen LogP contribution is 2.20. The third kappa shape index (κ3) is 3.44. The summed E-state index contributed by atoms with van der Waals surface area (Å²) in [4.78, 5) is 28.3. The van der Waals surface area contributed by atoms with Gasteiger partial charge >= 0.3 is 5.97 Å². The van der Waals surface area contributed by atoms with Crippen molar-refractivity contribution in [2.45, 2.75) is 26.2 Å². The van der Waals surface area contributed by atoms with Gasteiger partial charge in [0.05, 0.1) is 23.7 Å². The van der Waals surface area contributed by atoms with Crippen LogP contribution in [-0.4, -0.2) is 27.8 Å². The zero-order chi connectivity index (χ0) is 18.0. The van der Waals surface area contributed by atoms with Crippen molar-refractivity contribution in [1.82, 2.24) is 14.8 Å². The van der Waals surface area contributed by atoms with Crippen LogP contribution in [0.25, 0.3) is 16.6 Å². The average molecular weight is 360 g/mol. The number of benzene rings is 1. The van der Waals surface area contributed by atoms with Crippen LogP contribution in [0.1, 0.15) is 24.1 Å². The summed E-state index contributed by atoms with van der Waals surface area (Å²) in [6, 6.07) is 7.01. The number of ether oxygens (including phenoxy) is 1. The minimum absolute atomic E-state index is 0.168. The number of carbonyl (C=O) groups is 1. The second kappa shape index (κ2) is 7.11. The molecule has 0 unspecified atom stereocenters. The van der Waals surface area contributed by atoms with Gasteiger partial charge in [-0.25, -0.2) is 4.68 Å². The van der Waals surface area contributed by atoms with E-state index in [0.717, 1.165) is 16.8 Å². The normalized spacial score (nSPS) is 11.0. The third-order valence-corrected chi connectivity index (χ3v) is 4.42. The highest BCUT2D eigenvalue weighted by molar-refractivity contribution is 6.30. The van der Waals surface area contributed by atoms with Crippen molar-refractivity contribution >= 4 is 28.5 Å². The van der Waals surface area contributed by atoms with Gasteiger partial charge in [0.25, 0.3) is 5.56 Å². The van der Waals surface area contributed by atoms with Crippen LogP contribution in [0.5, 0.6) is 0 Å². The highest BCUT2D eigenvalue weighted by atomic mass is 35.5. The number of aryl methyl sites for hydroxylation is 2. The number of rotatable bonds is 5. The summed E-state index contributed by atoms with van der Waals surface area (Å²) in [6.45, 7) is 1.89. The van der Waals surface area contributed by atoms with Gasteiger partial charge in [0.1, 0.15) is 0 Å². The summed E-state index contributed by atoms with van der Waals surface area (Å²) in [6.07, 6.45) is 3.17. The predicted octanol–water partition coefficient (Wildman–Crippen LogP) is 3.17. The van der Waals surface area contributed by atoms with Crippen LogP contribution in [0, 0.1) is 6.92 Å². The van der Waals surface area contributed by atoms with E-state index >= 15 is 0 Å². The van der Waals surface area contributed by atoms with Crippen LogP contribution in [0.15, 0.2) is 35.3 Å². The molecule has 2 heterocycles. The van der Waals surface area contributed by atoms with E-state index in [9.17, 15) is 9.59 Å². The van der Waals surface area contributed by atoms with Crippen LogP contribution in [-0.2, 0) is 16.0 Å². The Kier molecular flexibility index (Phi) is 4.90. The molecule has 0 saturated heterocycles. The molecule has 3 rings (SSSR count). The second-order valence-corrected chi connectivity index (χ2v) is 6.21. The minimum atomic E-state index is -0.245. The summed E-state index contributed by atoms with van der Waals surface area (Å²) in [7, 11) is 1.37. The number of hydrogen-bond donors (Lipinski definition) is 1. The Morgan fingerprint density at radius 2 is 2.04 bits per heavy atom. The van der Waals surface area contributed by atoms with Crippen LogP contribution in [0.2, 0.25) is 5.02 Å². The number of carbonyl (C=O) groups excluding carboxylic acids is 1. The van der Waals surface area contributed by atoms with Gasteiger partial charge in [-0.3, -0.25) is 19.7 Å². The van der Waals surface area contributed by atoms with E-state index in [4.69, 9.17) is 11.6 Å². The van der Waals surface area contributed by atoms with Crippen molar-refractivity contribution in [3.63, 3.8) is 0 Å². The number of nitrogens with one attached hydrogen (secondary N) is 1. The summed E-state index contributed by atoms with van der Waals surface area (Å²) in [5, 5.41) is 4.29. The number of esters is 1. The van der Waals surface area contributed by atoms with E-state index in [-0.39, 0.29) is 11.5 Å². The molecule has 0 saturated carbocycles. The number of pyridine rings is 1. The molecule has 0 bridgehead atoms. The maximum absolute atomic E-state index is 12.7. The number of halogens is 1. The van der Waals surface area contributed by atoms with Gasteiger partial charge in [0.15, 0.2) is 0 Å². The summed E-state index contributed by atoms with van der Waals surface area (Å²) in [5.41, 5.74) is 3.05. The van der Waals surface area contributed by atoms with E-state index < -0.39 is 0 Å². The van der Waals surface area contributed by atoms with Gasteiger partial charge in [-0.1, -0.05) is 11.6 Å². The lowest BCUT2D eigenvalue weighted by Gasteiger charge is -2.06. The number of aromatic amines is 1. The second-order valence-electron chi connectivity index (χ2n) is 5.77. The zero-order valence-electron chi connectivity index (χ0n) is 14.0. The fourth-order valence-electron chi connectivity index (χ4n) is 2.81. The van der Waals surface area contributed by atoms with Crippen LogP contribution < -0.4 is 5.56 Å². The SMILES string of the molecule is COC(=O)CCCc1c(C)ncc2c(=O)n(-c3ccc(Cl)cc3)[nH]c12. The maximum atomic E-state index is 12.7. The number of methoxy groups -OCH3 is 1. The van der Waals surface area contributed by atoms with Crippen molar-refractivity contribution in [1.29, 1.82) is 0 Å². The summed E-state index contributed by atoms with van der Waals surface area (Å²) >= 11 is 5.91. The molecule has 0 aliphatic rings. The van der Waals surface area contributed by atoms with Gasteiger partial charge in [-0.05, 0) is 49.6 Å². The van der Waals surface area contributed by atoms with E-state index in [1.54, 1.807) is 30.5 Å². The molecule has 0 atom stereocenters. The molecule has 1 N–H and O–H groups in total. The fourth-order valence-corrected chi connectivity index (χ4v) is 2.94. The molecule has 130 valence electrons. The van der Waals surface area contributed by atoms with Crippen molar-refractivity contribution in [3.05, 3.63) is 57.1 Å². The first-order valence-electron chi connectivity index (χ1n) is 7.93. The highest BCUT2D eigenvalue weighted by Gasteiger charge is 2.15. The van der Waals surface area contributed by atoms with Crippen molar-refractivity contribution in [2.75, 3.05) is 7.11 Å². The first-order chi connectivity index (χ1) is 12.0. The number of H-pyrrole nitrogens is 1. The summed E-state index contributed by atoms with van der Waals surface area (Å²) < 4.78 is 6.15. The van der Waals surface area contributed by atoms with Gasteiger partial charge < -0.3 is 4.74 Å². The van der Waals surface area contributed by atoms with E-state index in [2.05, 4.69) is 14.8 Å². The van der Waals surface area contributed by atoms with E-state index in [0.29, 0.717) is 35.4 Å². The van der Waals surface area contributed by atoms with Crippen molar-refractivity contribution in [2.24, 2.45) is 0 Å². The number of fused-ring (bicyclic) bond motifs is 1. The van der Waals surface area contributed by atoms with E-state index in [1.807, 2.05) is 6.92 Å². The lowest BCUT2D eigenvalue weighted by Crippen LogP contribution is -2.14. The smallest absolute Gasteiger partial charge is 0.305 e. The molecule has 6 nitrogen and oxygen atoms in total. The van der Waals surface area contributed by atoms with E-state index in [1.165, 1.54) is 11.8 Å². The fraction of sp³-hybridized carbons (Fsp3) is 0.278. The van der Waals surface area contributed by atoms with Crippen LogP contribution >= 0.6 is 11.6 Å². The predicted molar refractivity (Wildman–Crippen MR) is 96.4 cm³/mol. The molecular weight excluding hydrogens is 342 g/mol. The quantitative estimate of drug-likeness (QED) is 0.710. The standard InChI is InChI=1S/C18H18ClN3O3/c1-11-14(4-3-5-16(23)25-2)17-15(10-20-11)18(24)22(21-17)13-8-6-12(19)7-9-13/h6-10,21H,3-5H2,1-2H3. The largest absolute Gasteiger partial charge is 0.469 e. The Bertz CT molecular complexity index is 974. The van der Waals surface area contributed by atoms with Gasteiger partial charge in [0.2, 0.25) is 0 Å². The molecule has 3 aromatic rings. The molecule has 0 aliphatic heterocycles. The van der Waals surface area contributed by atoms with Gasteiger partial charge in [0, 0.05) is 23.3 Å². The molecule has 0 fully saturated rings. The van der Waals surface area contributed by atoms with Gasteiger partial charge in [-0.15, -0.1) is 0 Å². The molecule has 0 aliphatic carbocycles. The van der Waals surface area contributed by atoms with Crippen LogP contribution in [0.3, 0.4) is 0 Å². The molecule has 0 amide bonds. The summed E-state index contributed by atoms with van der Waals surface area (Å²) in [5.74, 6) is -0.245. The minimum Gasteiger partial charge on any atom is -0.469 e. The molecule has 2 aromatic heterocycles. The molecule has 25 heavy (non-hydrogen) atoms.